The van der Waals surface area contributed by atoms with Gasteiger partial charge in [0.25, 0.3) is 0 Å². The number of hydrazone groups is 1. The van der Waals surface area contributed by atoms with Gasteiger partial charge < -0.3 is 11.1 Å². The Morgan fingerprint density at radius 1 is 1.41 bits per heavy atom. The molecule has 0 aliphatic heterocycles. The summed E-state index contributed by atoms with van der Waals surface area (Å²) in [4.78, 5) is 17.3. The summed E-state index contributed by atoms with van der Waals surface area (Å²) in [6.07, 6.45) is -0.241. The number of aryl methyl sites for hydroxylation is 1. The lowest BCUT2D eigenvalue weighted by Gasteiger charge is -2.23. The molecule has 1 heterocycles. The van der Waals surface area contributed by atoms with E-state index in [9.17, 15) is 13.6 Å². The fourth-order valence-corrected chi connectivity index (χ4v) is 4.28. The number of rotatable bonds is 6. The second-order valence-corrected chi connectivity index (χ2v) is 8.16. The van der Waals surface area contributed by atoms with Crippen LogP contribution in [0.5, 0.6) is 0 Å². The largest absolute Gasteiger partial charge is 0.382 e. The minimum absolute atomic E-state index is 0.210. The summed E-state index contributed by atoms with van der Waals surface area (Å²) in [7, 11) is 1.54. The van der Waals surface area contributed by atoms with E-state index in [2.05, 4.69) is 15.4 Å². The van der Waals surface area contributed by atoms with Crippen LogP contribution in [0.2, 0.25) is 0 Å². The molecule has 0 radical (unpaired) electrons. The first-order chi connectivity index (χ1) is 13.6. The zero-order valence-electron chi connectivity index (χ0n) is 16.2. The van der Waals surface area contributed by atoms with Gasteiger partial charge in [-0.15, -0.1) is 16.4 Å². The number of hydrazine groups is 1. The number of amides is 1. The molecule has 0 spiro atoms. The number of carbonyl (C=O) groups is 1. The number of nitrogens with two attached hydrogens (primary N) is 2. The van der Waals surface area contributed by atoms with Gasteiger partial charge >= 0.3 is 0 Å². The molecule has 1 amide bonds. The molecule has 1 aromatic heterocycles. The van der Waals surface area contributed by atoms with Crippen LogP contribution >= 0.6 is 11.3 Å². The number of nitrogens with zero attached hydrogens (tertiary/aromatic N) is 3. The average molecular weight is 423 g/mol. The van der Waals surface area contributed by atoms with Gasteiger partial charge in [-0.25, -0.2) is 24.7 Å². The maximum atomic E-state index is 13.9. The smallest absolute Gasteiger partial charge is 0.248 e. The molecule has 1 aliphatic carbocycles. The molecule has 0 bridgehead atoms. The van der Waals surface area contributed by atoms with Gasteiger partial charge in [0.2, 0.25) is 11.8 Å². The fraction of sp³-hybridized carbons (Fsp3) is 0.421. The topological polar surface area (TPSA) is 110 Å². The predicted molar refractivity (Wildman–Crippen MR) is 110 cm³/mol. The van der Waals surface area contributed by atoms with Crippen molar-refractivity contribution >= 4 is 28.2 Å². The van der Waals surface area contributed by atoms with Crippen molar-refractivity contribution < 1.29 is 13.6 Å². The van der Waals surface area contributed by atoms with E-state index in [4.69, 9.17) is 11.6 Å². The molecular weight excluding hydrogens is 398 g/mol. The van der Waals surface area contributed by atoms with E-state index in [1.807, 2.05) is 12.3 Å². The minimum atomic E-state index is -2.75. The zero-order valence-corrected chi connectivity index (χ0v) is 17.0. The molecule has 29 heavy (non-hydrogen) atoms. The summed E-state index contributed by atoms with van der Waals surface area (Å²) >= 11 is 1.30. The molecule has 3 rings (SSSR count). The number of benzene rings is 1. The highest BCUT2D eigenvalue weighted by Gasteiger charge is 2.45. The van der Waals surface area contributed by atoms with Crippen molar-refractivity contribution in [3.05, 3.63) is 46.5 Å². The van der Waals surface area contributed by atoms with E-state index in [0.717, 1.165) is 10.8 Å². The second-order valence-electron chi connectivity index (χ2n) is 7.30. The predicted octanol–water partition coefficient (Wildman–Crippen LogP) is 3.04. The van der Waals surface area contributed by atoms with Crippen LogP contribution in [-0.2, 0) is 4.79 Å². The Bertz CT molecular complexity index is 896. The average Bonchev–Trinajstić information content (AvgIpc) is 3.20. The molecule has 0 saturated heterocycles. The number of hydrogen-bond acceptors (Lipinski definition) is 6. The second kappa shape index (κ2) is 8.42. The molecule has 2 aromatic rings. The Labute approximate surface area is 171 Å². The van der Waals surface area contributed by atoms with Gasteiger partial charge in [0.05, 0.1) is 11.6 Å². The lowest BCUT2D eigenvalue weighted by atomic mass is 9.83. The van der Waals surface area contributed by atoms with Crippen LogP contribution in [0.15, 0.2) is 34.7 Å². The van der Waals surface area contributed by atoms with Crippen LogP contribution in [0.1, 0.15) is 42.0 Å². The van der Waals surface area contributed by atoms with Gasteiger partial charge in [0.15, 0.2) is 11.0 Å². The van der Waals surface area contributed by atoms with E-state index in [-0.39, 0.29) is 31.0 Å². The minimum Gasteiger partial charge on any atom is -0.382 e. The molecule has 156 valence electrons. The summed E-state index contributed by atoms with van der Waals surface area (Å²) in [6.45, 7) is 1.82. The van der Waals surface area contributed by atoms with Crippen LogP contribution in [0, 0.1) is 12.8 Å². The number of alkyl halides is 2. The number of hydrogen-bond donors (Lipinski definition) is 3. The Hall–Kier alpha value is -2.59. The maximum absolute atomic E-state index is 13.9. The molecule has 1 saturated carbocycles. The van der Waals surface area contributed by atoms with Gasteiger partial charge in [-0.2, -0.15) is 0 Å². The number of halogens is 2. The van der Waals surface area contributed by atoms with Crippen molar-refractivity contribution in [2.75, 3.05) is 12.4 Å². The van der Waals surface area contributed by atoms with Crippen molar-refractivity contribution in [1.29, 1.82) is 0 Å². The summed E-state index contributed by atoms with van der Waals surface area (Å²) < 4.78 is 27.7. The molecule has 7 nitrogen and oxygen atoms in total. The molecule has 1 aromatic carbocycles. The first-order valence-electron chi connectivity index (χ1n) is 9.18. The molecule has 2 atom stereocenters. The number of carbonyl (C=O) groups excluding carboxylic acids is 1. The fourth-order valence-electron chi connectivity index (χ4n) is 3.59. The highest BCUT2D eigenvalue weighted by molar-refractivity contribution is 7.13. The SMILES string of the molecule is Cc1csc(NC(=O)C(c2ccc(/C(N)=N/N(C)N)cc2)C2CCC(F)(F)C2)n1. The van der Waals surface area contributed by atoms with E-state index >= 15 is 0 Å². The van der Waals surface area contributed by atoms with Crippen molar-refractivity contribution in [3.63, 3.8) is 0 Å². The highest BCUT2D eigenvalue weighted by atomic mass is 32.1. The van der Waals surface area contributed by atoms with Crippen LogP contribution in [-0.4, -0.2) is 34.8 Å². The number of anilines is 1. The molecule has 2 unspecified atom stereocenters. The van der Waals surface area contributed by atoms with E-state index < -0.39 is 17.8 Å². The highest BCUT2D eigenvalue weighted by Crippen LogP contribution is 2.45. The summed E-state index contributed by atoms with van der Waals surface area (Å²) in [5.41, 5.74) is 7.95. The lowest BCUT2D eigenvalue weighted by Crippen LogP contribution is -2.28. The van der Waals surface area contributed by atoms with Crippen LogP contribution in [0.4, 0.5) is 13.9 Å². The number of aromatic nitrogens is 1. The zero-order chi connectivity index (χ0) is 21.2. The normalized spacial score (nSPS) is 19.8. The van der Waals surface area contributed by atoms with Crippen molar-refractivity contribution in [3.8, 4) is 0 Å². The van der Waals surface area contributed by atoms with Crippen molar-refractivity contribution in [1.82, 2.24) is 10.1 Å². The third kappa shape index (κ3) is 5.27. The van der Waals surface area contributed by atoms with Gasteiger partial charge in [0.1, 0.15) is 0 Å². The Morgan fingerprint density at radius 3 is 2.62 bits per heavy atom. The Kier molecular flexibility index (Phi) is 6.13. The van der Waals surface area contributed by atoms with E-state index in [1.165, 1.54) is 11.3 Å². The third-order valence-electron chi connectivity index (χ3n) is 4.88. The van der Waals surface area contributed by atoms with Crippen molar-refractivity contribution in [2.24, 2.45) is 22.6 Å². The first-order valence-corrected chi connectivity index (χ1v) is 10.1. The molecule has 10 heteroatoms. The lowest BCUT2D eigenvalue weighted by molar-refractivity contribution is -0.118. The maximum Gasteiger partial charge on any atom is 0.248 e. The number of nitrogens with one attached hydrogen (secondary N) is 1. The molecular formula is C19H24F2N6OS. The van der Waals surface area contributed by atoms with Gasteiger partial charge in [-0.1, -0.05) is 24.3 Å². The summed E-state index contributed by atoms with van der Waals surface area (Å²) in [5, 5.41) is 10.1. The number of amidine groups is 1. The Balaban J connectivity index is 1.87. The van der Waals surface area contributed by atoms with Crippen LogP contribution in [0.25, 0.3) is 0 Å². The quantitative estimate of drug-likeness (QED) is 0.287. The third-order valence-corrected chi connectivity index (χ3v) is 5.75. The number of thiazole rings is 1. The van der Waals surface area contributed by atoms with Crippen molar-refractivity contribution in [2.45, 2.75) is 38.0 Å². The van der Waals surface area contributed by atoms with E-state index in [0.29, 0.717) is 16.3 Å². The molecule has 1 aliphatic rings. The Morgan fingerprint density at radius 2 is 2.10 bits per heavy atom. The van der Waals surface area contributed by atoms with E-state index in [1.54, 1.807) is 31.3 Å². The van der Waals surface area contributed by atoms with Crippen LogP contribution in [0.3, 0.4) is 0 Å². The first kappa shape index (κ1) is 21.1. The summed E-state index contributed by atoms with van der Waals surface area (Å²) in [6, 6.07) is 6.86. The molecule has 1 fully saturated rings. The van der Waals surface area contributed by atoms with Gasteiger partial charge in [-0.05, 0) is 24.8 Å². The summed E-state index contributed by atoms with van der Waals surface area (Å²) in [5.74, 6) is 1.43. The standard InChI is InChI=1S/C19H24F2N6OS/c1-11-10-29-18(24-11)25-17(28)15(14-7-8-19(20,21)9-14)12-3-5-13(6-4-12)16(22)26-27(2)23/h3-6,10,14-15H,7-9,23H2,1-2H3,(H2,22,26)(H,24,25,28). The molecule has 5 N–H and O–H groups in total. The van der Waals surface area contributed by atoms with Crippen LogP contribution < -0.4 is 16.9 Å². The van der Waals surface area contributed by atoms with Gasteiger partial charge in [-0.3, -0.25) is 4.79 Å². The monoisotopic (exact) mass is 422 g/mol. The van der Waals surface area contributed by atoms with Gasteiger partial charge in [0, 0.05) is 30.8 Å².